The summed E-state index contributed by atoms with van der Waals surface area (Å²) in [6, 6.07) is 9.38. The van der Waals surface area contributed by atoms with Crippen LogP contribution >= 0.6 is 0 Å². The lowest BCUT2D eigenvalue weighted by molar-refractivity contribution is 0.441. The minimum absolute atomic E-state index is 0.119. The molecule has 1 fully saturated rings. The van der Waals surface area contributed by atoms with Gasteiger partial charge in [-0.25, -0.2) is 0 Å². The second kappa shape index (κ2) is 6.91. The molecule has 1 aromatic rings. The fourth-order valence-electron chi connectivity index (χ4n) is 2.71. The van der Waals surface area contributed by atoms with Gasteiger partial charge in [-0.15, -0.1) is 0 Å². The van der Waals surface area contributed by atoms with Gasteiger partial charge >= 0.3 is 0 Å². The molecule has 0 radical (unpaired) electrons. The molecule has 0 amide bonds. The Hall–Kier alpha value is -0.860. The average molecular weight is 246 g/mol. The van der Waals surface area contributed by atoms with Gasteiger partial charge in [0.15, 0.2) is 0 Å². The fraction of sp³-hybridized carbons (Fsp3) is 0.625. The molecule has 0 bridgehead atoms. The van der Waals surface area contributed by atoms with E-state index in [4.69, 9.17) is 5.73 Å². The maximum Gasteiger partial charge on any atom is 0.0421 e. The van der Waals surface area contributed by atoms with Crippen LogP contribution in [0.1, 0.15) is 55.7 Å². The van der Waals surface area contributed by atoms with Crippen molar-refractivity contribution in [2.45, 2.75) is 57.5 Å². The Morgan fingerprint density at radius 2 is 1.72 bits per heavy atom. The Balaban J connectivity index is 1.80. The van der Waals surface area contributed by atoms with Gasteiger partial charge in [0.2, 0.25) is 0 Å². The molecule has 0 aliphatic heterocycles. The van der Waals surface area contributed by atoms with E-state index in [1.54, 1.807) is 0 Å². The molecule has 1 saturated carbocycles. The molecule has 1 atom stereocenters. The lowest BCUT2D eigenvalue weighted by Crippen LogP contribution is -2.35. The summed E-state index contributed by atoms with van der Waals surface area (Å²) in [6.45, 7) is 3.01. The van der Waals surface area contributed by atoms with Crippen LogP contribution in [0.4, 0.5) is 0 Å². The Bertz CT molecular complexity index is 337. The van der Waals surface area contributed by atoms with Crippen LogP contribution in [0.25, 0.3) is 0 Å². The topological polar surface area (TPSA) is 38.0 Å². The fourth-order valence-corrected chi connectivity index (χ4v) is 2.71. The minimum atomic E-state index is 0.119. The van der Waals surface area contributed by atoms with Crippen molar-refractivity contribution in [1.82, 2.24) is 5.32 Å². The van der Waals surface area contributed by atoms with E-state index in [1.807, 2.05) is 0 Å². The highest BCUT2D eigenvalue weighted by molar-refractivity contribution is 5.24. The molecule has 2 rings (SSSR count). The first-order valence-corrected chi connectivity index (χ1v) is 7.31. The summed E-state index contributed by atoms with van der Waals surface area (Å²) >= 11 is 0. The highest BCUT2D eigenvalue weighted by Gasteiger charge is 2.13. The molecule has 3 N–H and O–H groups in total. The van der Waals surface area contributed by atoms with Crippen LogP contribution in [-0.4, -0.2) is 12.6 Å². The predicted octanol–water partition coefficient (Wildman–Crippen LogP) is 3.31. The number of benzene rings is 1. The number of rotatable bonds is 4. The van der Waals surface area contributed by atoms with E-state index < -0.39 is 0 Å². The first-order valence-electron chi connectivity index (χ1n) is 7.31. The molecule has 1 aliphatic carbocycles. The number of nitrogens with one attached hydrogen (secondary N) is 1. The van der Waals surface area contributed by atoms with Gasteiger partial charge in [0.05, 0.1) is 0 Å². The normalized spacial score (nSPS) is 19.4. The first-order chi connectivity index (χ1) is 8.75. The van der Waals surface area contributed by atoms with Gasteiger partial charge in [-0.1, -0.05) is 55.5 Å². The van der Waals surface area contributed by atoms with Crippen molar-refractivity contribution < 1.29 is 0 Å². The van der Waals surface area contributed by atoms with Crippen molar-refractivity contribution in [2.75, 3.05) is 6.54 Å². The van der Waals surface area contributed by atoms with Gasteiger partial charge in [0.25, 0.3) is 0 Å². The molecule has 2 heteroatoms. The zero-order valence-electron chi connectivity index (χ0n) is 11.5. The standard InChI is InChI=1S/C16H26N2/c1-13-8-10-14(11-9-13)16(17)12-18-15-6-4-2-3-5-7-15/h8-11,15-16,18H,2-7,12,17H2,1H3. The third-order valence-corrected chi connectivity index (χ3v) is 3.99. The van der Waals surface area contributed by atoms with E-state index in [-0.39, 0.29) is 6.04 Å². The van der Waals surface area contributed by atoms with Crippen LogP contribution in [0.3, 0.4) is 0 Å². The summed E-state index contributed by atoms with van der Waals surface area (Å²) in [6.07, 6.45) is 8.19. The zero-order valence-corrected chi connectivity index (χ0v) is 11.5. The van der Waals surface area contributed by atoms with Crippen molar-refractivity contribution in [3.63, 3.8) is 0 Å². The smallest absolute Gasteiger partial charge is 0.0421 e. The molecule has 0 saturated heterocycles. The molecule has 1 aromatic carbocycles. The summed E-state index contributed by atoms with van der Waals surface area (Å²) in [7, 11) is 0. The third kappa shape index (κ3) is 4.11. The third-order valence-electron chi connectivity index (χ3n) is 3.99. The van der Waals surface area contributed by atoms with Crippen LogP contribution in [0, 0.1) is 6.92 Å². The molecule has 2 nitrogen and oxygen atoms in total. The summed E-state index contributed by atoms with van der Waals surface area (Å²) in [5.74, 6) is 0. The Labute approximate surface area is 111 Å². The summed E-state index contributed by atoms with van der Waals surface area (Å²) in [5, 5.41) is 3.65. The van der Waals surface area contributed by atoms with E-state index in [9.17, 15) is 0 Å². The molecule has 100 valence electrons. The molecular weight excluding hydrogens is 220 g/mol. The molecule has 1 unspecified atom stereocenters. The van der Waals surface area contributed by atoms with Gasteiger partial charge < -0.3 is 11.1 Å². The van der Waals surface area contributed by atoms with E-state index in [2.05, 4.69) is 36.5 Å². The van der Waals surface area contributed by atoms with E-state index >= 15 is 0 Å². The lowest BCUT2D eigenvalue weighted by Gasteiger charge is -2.20. The minimum Gasteiger partial charge on any atom is -0.323 e. The van der Waals surface area contributed by atoms with Gasteiger partial charge in [-0.2, -0.15) is 0 Å². The van der Waals surface area contributed by atoms with Gasteiger partial charge in [-0.3, -0.25) is 0 Å². The first kappa shape index (κ1) is 13.6. The molecule has 0 heterocycles. The van der Waals surface area contributed by atoms with Crippen molar-refractivity contribution in [1.29, 1.82) is 0 Å². The maximum absolute atomic E-state index is 6.24. The van der Waals surface area contributed by atoms with Crippen LogP contribution in [0.2, 0.25) is 0 Å². The molecular formula is C16H26N2. The molecule has 0 aromatic heterocycles. The van der Waals surface area contributed by atoms with E-state index in [0.29, 0.717) is 6.04 Å². The Morgan fingerprint density at radius 3 is 2.33 bits per heavy atom. The highest BCUT2D eigenvalue weighted by atomic mass is 14.9. The predicted molar refractivity (Wildman–Crippen MR) is 77.6 cm³/mol. The van der Waals surface area contributed by atoms with Crippen LogP contribution in [0.15, 0.2) is 24.3 Å². The van der Waals surface area contributed by atoms with Crippen LogP contribution < -0.4 is 11.1 Å². The largest absolute Gasteiger partial charge is 0.323 e. The summed E-state index contributed by atoms with van der Waals surface area (Å²) in [5.41, 5.74) is 8.77. The quantitative estimate of drug-likeness (QED) is 0.800. The number of aryl methyl sites for hydroxylation is 1. The van der Waals surface area contributed by atoms with E-state index in [0.717, 1.165) is 6.54 Å². The molecule has 1 aliphatic rings. The Morgan fingerprint density at radius 1 is 1.11 bits per heavy atom. The average Bonchev–Trinajstić information content (AvgIpc) is 2.65. The van der Waals surface area contributed by atoms with Crippen molar-refractivity contribution >= 4 is 0 Å². The zero-order chi connectivity index (χ0) is 12.8. The van der Waals surface area contributed by atoms with Gasteiger partial charge in [0.1, 0.15) is 0 Å². The van der Waals surface area contributed by atoms with Crippen molar-refractivity contribution in [3.05, 3.63) is 35.4 Å². The van der Waals surface area contributed by atoms with E-state index in [1.165, 1.54) is 49.7 Å². The number of hydrogen-bond acceptors (Lipinski definition) is 2. The van der Waals surface area contributed by atoms with Gasteiger partial charge in [0, 0.05) is 18.6 Å². The second-order valence-electron chi connectivity index (χ2n) is 5.61. The van der Waals surface area contributed by atoms with Crippen molar-refractivity contribution in [2.24, 2.45) is 5.73 Å². The monoisotopic (exact) mass is 246 g/mol. The highest BCUT2D eigenvalue weighted by Crippen LogP contribution is 2.18. The van der Waals surface area contributed by atoms with Crippen molar-refractivity contribution in [3.8, 4) is 0 Å². The number of nitrogens with two attached hydrogens (primary N) is 1. The summed E-state index contributed by atoms with van der Waals surface area (Å²) in [4.78, 5) is 0. The Kier molecular flexibility index (Phi) is 5.21. The maximum atomic E-state index is 6.24. The van der Waals surface area contributed by atoms with Crippen LogP contribution in [0.5, 0.6) is 0 Å². The van der Waals surface area contributed by atoms with Crippen LogP contribution in [-0.2, 0) is 0 Å². The second-order valence-corrected chi connectivity index (χ2v) is 5.61. The summed E-state index contributed by atoms with van der Waals surface area (Å²) < 4.78 is 0. The SMILES string of the molecule is Cc1ccc(C(N)CNC2CCCCCC2)cc1. The molecule has 18 heavy (non-hydrogen) atoms. The van der Waals surface area contributed by atoms with Gasteiger partial charge in [-0.05, 0) is 25.3 Å². The number of hydrogen-bond donors (Lipinski definition) is 2. The lowest BCUT2D eigenvalue weighted by atomic mass is 10.0. The molecule has 0 spiro atoms.